The van der Waals surface area contributed by atoms with Crippen LogP contribution in [-0.4, -0.2) is 24.2 Å². The van der Waals surface area contributed by atoms with Gasteiger partial charge < -0.3 is 14.6 Å². The zero-order valence-electron chi connectivity index (χ0n) is 14.0. The summed E-state index contributed by atoms with van der Waals surface area (Å²) < 4.78 is 10.8. The van der Waals surface area contributed by atoms with Gasteiger partial charge >= 0.3 is 0 Å². The molecule has 0 radical (unpaired) electrons. The van der Waals surface area contributed by atoms with Crippen LogP contribution in [0.3, 0.4) is 0 Å². The van der Waals surface area contributed by atoms with Gasteiger partial charge in [-0.15, -0.1) is 0 Å². The van der Waals surface area contributed by atoms with E-state index in [-0.39, 0.29) is 12.0 Å². The lowest BCUT2D eigenvalue weighted by atomic mass is 10.1. The van der Waals surface area contributed by atoms with Gasteiger partial charge in [-0.1, -0.05) is 35.5 Å². The maximum atomic E-state index is 11.9. The van der Waals surface area contributed by atoms with Gasteiger partial charge in [0.25, 0.3) is 0 Å². The minimum atomic E-state index is -0.0180. The van der Waals surface area contributed by atoms with Crippen molar-refractivity contribution in [2.24, 2.45) is 0 Å². The van der Waals surface area contributed by atoms with E-state index in [4.69, 9.17) is 9.26 Å². The summed E-state index contributed by atoms with van der Waals surface area (Å²) in [6, 6.07) is 10.1. The molecule has 5 heteroatoms. The Bertz CT molecular complexity index is 603. The first-order valence-corrected chi connectivity index (χ1v) is 7.93. The second-order valence-electron chi connectivity index (χ2n) is 5.61. The van der Waals surface area contributed by atoms with E-state index >= 15 is 0 Å². The van der Waals surface area contributed by atoms with E-state index in [1.807, 2.05) is 39.0 Å². The van der Waals surface area contributed by atoms with Crippen LogP contribution in [0.2, 0.25) is 0 Å². The molecular weight excluding hydrogens is 292 g/mol. The van der Waals surface area contributed by atoms with Crippen molar-refractivity contribution < 1.29 is 14.1 Å². The molecule has 2 aromatic rings. The maximum Gasteiger partial charge on any atom is 0.224 e. The van der Waals surface area contributed by atoms with Crippen molar-refractivity contribution in [1.82, 2.24) is 10.5 Å². The summed E-state index contributed by atoms with van der Waals surface area (Å²) in [7, 11) is 0. The smallest absolute Gasteiger partial charge is 0.224 e. The summed E-state index contributed by atoms with van der Waals surface area (Å²) in [5, 5.41) is 6.75. The lowest BCUT2D eigenvalue weighted by Gasteiger charge is -2.13. The molecule has 23 heavy (non-hydrogen) atoms. The number of nitrogens with zero attached hydrogens (tertiary/aromatic N) is 1. The zero-order valence-corrected chi connectivity index (χ0v) is 14.0. The molecule has 0 aliphatic rings. The predicted octanol–water partition coefficient (Wildman–Crippen LogP) is 3.12. The number of nitrogens with one attached hydrogen (secondary N) is 1. The monoisotopic (exact) mass is 316 g/mol. The molecule has 5 nitrogen and oxygen atoms in total. The quantitative estimate of drug-likeness (QED) is 0.760. The Kier molecular flexibility index (Phi) is 6.35. The Morgan fingerprint density at radius 1 is 1.30 bits per heavy atom. The molecule has 1 aromatic heterocycles. The number of hydrogen-bond acceptors (Lipinski definition) is 4. The minimum absolute atomic E-state index is 0.0180. The van der Waals surface area contributed by atoms with Crippen LogP contribution in [0.25, 0.3) is 0 Å². The van der Waals surface area contributed by atoms with Crippen molar-refractivity contribution in [2.75, 3.05) is 13.2 Å². The van der Waals surface area contributed by atoms with Crippen LogP contribution >= 0.6 is 0 Å². The van der Waals surface area contributed by atoms with E-state index in [1.54, 1.807) is 0 Å². The van der Waals surface area contributed by atoms with E-state index in [2.05, 4.69) is 22.6 Å². The molecule has 1 atom stereocenters. The summed E-state index contributed by atoms with van der Waals surface area (Å²) in [5.74, 6) is 0.688. The van der Waals surface area contributed by atoms with Crippen molar-refractivity contribution in [3.8, 4) is 0 Å². The Hall–Kier alpha value is -2.14. The minimum Gasteiger partial charge on any atom is -0.374 e. The third-order valence-corrected chi connectivity index (χ3v) is 3.80. The average Bonchev–Trinajstić information content (AvgIpc) is 2.87. The van der Waals surface area contributed by atoms with E-state index in [9.17, 15) is 4.79 Å². The topological polar surface area (TPSA) is 64.4 Å². The molecule has 0 aliphatic heterocycles. The first-order valence-electron chi connectivity index (χ1n) is 7.93. The zero-order chi connectivity index (χ0) is 16.7. The number of hydrogen-bond donors (Lipinski definition) is 1. The molecular formula is C18H24N2O3. The number of carbonyl (C=O) groups excluding carboxylic acids is 1. The summed E-state index contributed by atoms with van der Waals surface area (Å²) >= 11 is 0. The number of ether oxygens (including phenoxy) is 1. The summed E-state index contributed by atoms with van der Waals surface area (Å²) in [6.45, 7) is 6.91. The molecule has 1 N–H and O–H groups in total. The van der Waals surface area contributed by atoms with Crippen LogP contribution in [0.4, 0.5) is 0 Å². The van der Waals surface area contributed by atoms with Crippen LogP contribution in [0.15, 0.2) is 34.9 Å². The molecule has 1 unspecified atom stereocenters. The van der Waals surface area contributed by atoms with Gasteiger partial charge in [0.1, 0.15) is 5.76 Å². The second-order valence-corrected chi connectivity index (χ2v) is 5.61. The summed E-state index contributed by atoms with van der Waals surface area (Å²) in [5.41, 5.74) is 2.81. The second kappa shape index (κ2) is 8.48. The van der Waals surface area contributed by atoms with Crippen LogP contribution in [-0.2, 0) is 16.0 Å². The van der Waals surface area contributed by atoms with Gasteiger partial charge in [0.05, 0.1) is 18.2 Å². The molecule has 0 saturated heterocycles. The van der Waals surface area contributed by atoms with Crippen molar-refractivity contribution in [1.29, 1.82) is 0 Å². The van der Waals surface area contributed by atoms with Crippen LogP contribution in [0.1, 0.15) is 42.0 Å². The molecule has 0 aliphatic carbocycles. The van der Waals surface area contributed by atoms with Crippen molar-refractivity contribution in [3.05, 3.63) is 52.9 Å². The first kappa shape index (κ1) is 17.2. The van der Waals surface area contributed by atoms with E-state index in [0.29, 0.717) is 25.3 Å². The average molecular weight is 316 g/mol. The van der Waals surface area contributed by atoms with Crippen LogP contribution in [0.5, 0.6) is 0 Å². The van der Waals surface area contributed by atoms with Gasteiger partial charge in [-0.2, -0.15) is 0 Å². The standard InChI is InChI=1S/C18H24N2O3/c1-13-17(15(3)23-20-13)12-18(21)19-10-7-11-22-14(2)16-8-5-4-6-9-16/h4-6,8-9,14H,7,10-12H2,1-3H3,(H,19,21). The molecule has 1 amide bonds. The fourth-order valence-electron chi connectivity index (χ4n) is 2.36. The van der Waals surface area contributed by atoms with E-state index in [0.717, 1.165) is 23.2 Å². The predicted molar refractivity (Wildman–Crippen MR) is 88.1 cm³/mol. The summed E-state index contributed by atoms with van der Waals surface area (Å²) in [6.07, 6.45) is 1.15. The number of rotatable bonds is 8. The van der Waals surface area contributed by atoms with Gasteiger partial charge in [-0.3, -0.25) is 4.79 Å². The third-order valence-electron chi connectivity index (χ3n) is 3.80. The molecule has 2 rings (SSSR count). The largest absolute Gasteiger partial charge is 0.374 e. The lowest BCUT2D eigenvalue weighted by molar-refractivity contribution is -0.120. The van der Waals surface area contributed by atoms with Crippen molar-refractivity contribution >= 4 is 5.91 Å². The number of carbonyl (C=O) groups is 1. The van der Waals surface area contributed by atoms with Gasteiger partial charge in [-0.05, 0) is 32.8 Å². The highest BCUT2D eigenvalue weighted by Crippen LogP contribution is 2.16. The highest BCUT2D eigenvalue weighted by atomic mass is 16.5. The fourth-order valence-corrected chi connectivity index (χ4v) is 2.36. The Balaban J connectivity index is 1.63. The maximum absolute atomic E-state index is 11.9. The number of aryl methyl sites for hydroxylation is 2. The van der Waals surface area contributed by atoms with Crippen molar-refractivity contribution in [2.45, 2.75) is 39.7 Å². The third kappa shape index (κ3) is 5.21. The highest BCUT2D eigenvalue weighted by Gasteiger charge is 2.13. The van der Waals surface area contributed by atoms with Crippen LogP contribution in [0, 0.1) is 13.8 Å². The van der Waals surface area contributed by atoms with Crippen LogP contribution < -0.4 is 5.32 Å². The molecule has 0 bridgehead atoms. The number of amides is 1. The lowest BCUT2D eigenvalue weighted by Crippen LogP contribution is -2.27. The Labute approximate surface area is 137 Å². The highest BCUT2D eigenvalue weighted by molar-refractivity contribution is 5.78. The number of benzene rings is 1. The van der Waals surface area contributed by atoms with Crippen molar-refractivity contribution in [3.63, 3.8) is 0 Å². The molecule has 1 aromatic carbocycles. The van der Waals surface area contributed by atoms with Gasteiger partial charge in [-0.25, -0.2) is 0 Å². The van der Waals surface area contributed by atoms with E-state index in [1.165, 1.54) is 0 Å². The Morgan fingerprint density at radius 2 is 2.04 bits per heavy atom. The summed E-state index contributed by atoms with van der Waals surface area (Å²) in [4.78, 5) is 11.9. The number of aromatic nitrogens is 1. The molecule has 124 valence electrons. The van der Waals surface area contributed by atoms with Gasteiger partial charge in [0, 0.05) is 18.7 Å². The van der Waals surface area contributed by atoms with E-state index < -0.39 is 0 Å². The molecule has 0 saturated carbocycles. The Morgan fingerprint density at radius 3 is 2.70 bits per heavy atom. The fraction of sp³-hybridized carbons (Fsp3) is 0.444. The van der Waals surface area contributed by atoms with Gasteiger partial charge in [0.2, 0.25) is 5.91 Å². The van der Waals surface area contributed by atoms with Gasteiger partial charge in [0.15, 0.2) is 0 Å². The normalized spacial score (nSPS) is 12.1. The molecule has 0 spiro atoms. The SMILES string of the molecule is Cc1noc(C)c1CC(=O)NCCCOC(C)c1ccccc1. The molecule has 1 heterocycles. The first-order chi connectivity index (χ1) is 11.1. The molecule has 0 fully saturated rings.